The Balaban J connectivity index is 1.52. The van der Waals surface area contributed by atoms with Gasteiger partial charge in [0.25, 0.3) is 0 Å². The van der Waals surface area contributed by atoms with Gasteiger partial charge in [-0.1, -0.05) is 0 Å². The quantitative estimate of drug-likeness (QED) is 0.885. The van der Waals surface area contributed by atoms with Crippen molar-refractivity contribution >= 4 is 11.7 Å². The molecule has 3 heterocycles. The highest BCUT2D eigenvalue weighted by Gasteiger charge is 2.24. The number of nitrogens with zero attached hydrogens (tertiary/aromatic N) is 4. The topological polar surface area (TPSA) is 86.3 Å². The third-order valence-corrected chi connectivity index (χ3v) is 4.32. The van der Waals surface area contributed by atoms with Crippen LogP contribution in [0.15, 0.2) is 30.7 Å². The molecule has 0 bridgehead atoms. The van der Waals surface area contributed by atoms with Crippen LogP contribution < -0.4 is 5.73 Å². The van der Waals surface area contributed by atoms with Gasteiger partial charge >= 0.3 is 0 Å². The van der Waals surface area contributed by atoms with Crippen LogP contribution in [0.2, 0.25) is 0 Å². The Morgan fingerprint density at radius 3 is 3.04 bits per heavy atom. The number of nitrogen functional groups attached to an aromatic ring is 1. The molecule has 0 unspecified atom stereocenters. The molecular formula is C17H23N5O2. The summed E-state index contributed by atoms with van der Waals surface area (Å²) in [4.78, 5) is 22.5. The van der Waals surface area contributed by atoms with E-state index in [1.54, 1.807) is 12.4 Å². The van der Waals surface area contributed by atoms with Gasteiger partial charge in [0.15, 0.2) is 0 Å². The van der Waals surface area contributed by atoms with Gasteiger partial charge in [-0.05, 0) is 37.5 Å². The number of morpholine rings is 1. The number of rotatable bonds is 5. The first-order chi connectivity index (χ1) is 11.6. The Hall–Kier alpha value is -2.41. The summed E-state index contributed by atoms with van der Waals surface area (Å²) in [6.45, 7) is 4.09. The van der Waals surface area contributed by atoms with Crippen LogP contribution >= 0.6 is 0 Å². The minimum atomic E-state index is 0.0565. The maximum Gasteiger partial charge on any atom is 0.242 e. The molecular weight excluding hydrogens is 306 g/mol. The van der Waals surface area contributed by atoms with Gasteiger partial charge in [0.1, 0.15) is 18.2 Å². The van der Waals surface area contributed by atoms with Crippen molar-refractivity contribution in [2.75, 3.05) is 25.4 Å². The SMILES string of the molecule is Cc1nccn1CC(=O)N1CCO[C@@H](CCc2ccnc(N)c2)C1. The molecule has 1 aliphatic rings. The van der Waals surface area contributed by atoms with Gasteiger partial charge in [0, 0.05) is 31.7 Å². The fourth-order valence-electron chi connectivity index (χ4n) is 2.91. The fourth-order valence-corrected chi connectivity index (χ4v) is 2.91. The third-order valence-electron chi connectivity index (χ3n) is 4.32. The van der Waals surface area contributed by atoms with E-state index in [9.17, 15) is 4.79 Å². The third kappa shape index (κ3) is 4.11. The van der Waals surface area contributed by atoms with Crippen molar-refractivity contribution in [3.63, 3.8) is 0 Å². The van der Waals surface area contributed by atoms with Crippen molar-refractivity contribution in [3.8, 4) is 0 Å². The molecule has 0 radical (unpaired) electrons. The Kier molecular flexibility index (Phi) is 5.10. The van der Waals surface area contributed by atoms with Crippen molar-refractivity contribution in [1.82, 2.24) is 19.4 Å². The molecule has 3 rings (SSSR count). The smallest absolute Gasteiger partial charge is 0.242 e. The van der Waals surface area contributed by atoms with Crippen LogP contribution in [0, 0.1) is 6.92 Å². The summed E-state index contributed by atoms with van der Waals surface area (Å²) in [5, 5.41) is 0. The summed E-state index contributed by atoms with van der Waals surface area (Å²) < 4.78 is 7.68. The first-order valence-corrected chi connectivity index (χ1v) is 8.19. The number of carbonyl (C=O) groups excluding carboxylic acids is 1. The molecule has 0 saturated carbocycles. The first kappa shape index (κ1) is 16.4. The number of anilines is 1. The minimum Gasteiger partial charge on any atom is -0.384 e. The van der Waals surface area contributed by atoms with Crippen LogP contribution in [0.5, 0.6) is 0 Å². The van der Waals surface area contributed by atoms with Crippen LogP contribution in [0.25, 0.3) is 0 Å². The summed E-state index contributed by atoms with van der Waals surface area (Å²) in [5.41, 5.74) is 6.85. The van der Waals surface area contributed by atoms with Crippen LogP contribution in [0.3, 0.4) is 0 Å². The first-order valence-electron chi connectivity index (χ1n) is 8.19. The molecule has 1 saturated heterocycles. The number of pyridine rings is 1. The zero-order chi connectivity index (χ0) is 16.9. The molecule has 0 aromatic carbocycles. The van der Waals surface area contributed by atoms with Gasteiger partial charge in [0.2, 0.25) is 5.91 Å². The van der Waals surface area contributed by atoms with Crippen molar-refractivity contribution in [2.24, 2.45) is 0 Å². The fraction of sp³-hybridized carbons (Fsp3) is 0.471. The van der Waals surface area contributed by atoms with E-state index in [1.165, 1.54) is 0 Å². The highest BCUT2D eigenvalue weighted by Crippen LogP contribution is 2.14. The largest absolute Gasteiger partial charge is 0.384 e. The predicted molar refractivity (Wildman–Crippen MR) is 90.3 cm³/mol. The van der Waals surface area contributed by atoms with E-state index in [2.05, 4.69) is 9.97 Å². The van der Waals surface area contributed by atoms with Gasteiger partial charge in [0.05, 0.1) is 12.7 Å². The number of hydrogen-bond donors (Lipinski definition) is 1. The van der Waals surface area contributed by atoms with E-state index in [0.29, 0.717) is 32.1 Å². The second-order valence-electron chi connectivity index (χ2n) is 6.06. The molecule has 1 atom stereocenters. The molecule has 1 aliphatic heterocycles. The predicted octanol–water partition coefficient (Wildman–Crippen LogP) is 1.03. The van der Waals surface area contributed by atoms with Gasteiger partial charge < -0.3 is 19.9 Å². The van der Waals surface area contributed by atoms with E-state index < -0.39 is 0 Å². The maximum absolute atomic E-state index is 12.5. The average molecular weight is 329 g/mol. The van der Waals surface area contributed by atoms with E-state index in [4.69, 9.17) is 10.5 Å². The van der Waals surface area contributed by atoms with Crippen molar-refractivity contribution in [2.45, 2.75) is 32.4 Å². The summed E-state index contributed by atoms with van der Waals surface area (Å²) in [6.07, 6.45) is 7.04. The second-order valence-corrected chi connectivity index (χ2v) is 6.06. The second kappa shape index (κ2) is 7.44. The van der Waals surface area contributed by atoms with Crippen LogP contribution in [-0.4, -0.2) is 51.1 Å². The zero-order valence-corrected chi connectivity index (χ0v) is 13.9. The standard InChI is InChI=1S/C17H23N5O2/c1-13-19-6-7-21(13)12-17(23)22-8-9-24-15(11-22)3-2-14-4-5-20-16(18)10-14/h4-7,10,15H,2-3,8-9,11-12H2,1H3,(H2,18,20)/t15-/m0/s1. The molecule has 0 aliphatic carbocycles. The highest BCUT2D eigenvalue weighted by molar-refractivity contribution is 5.76. The lowest BCUT2D eigenvalue weighted by Crippen LogP contribution is -2.46. The Bertz CT molecular complexity index is 700. The van der Waals surface area contributed by atoms with Crippen LogP contribution in [-0.2, 0) is 22.5 Å². The summed E-state index contributed by atoms with van der Waals surface area (Å²) in [7, 11) is 0. The Morgan fingerprint density at radius 1 is 1.42 bits per heavy atom. The van der Waals surface area contributed by atoms with Gasteiger partial charge in [-0.2, -0.15) is 0 Å². The van der Waals surface area contributed by atoms with E-state index in [-0.39, 0.29) is 12.0 Å². The number of aromatic nitrogens is 3. The molecule has 2 N–H and O–H groups in total. The number of ether oxygens (including phenoxy) is 1. The number of hydrogen-bond acceptors (Lipinski definition) is 5. The normalized spacial score (nSPS) is 17.9. The van der Waals surface area contributed by atoms with Crippen molar-refractivity contribution < 1.29 is 9.53 Å². The molecule has 24 heavy (non-hydrogen) atoms. The van der Waals surface area contributed by atoms with Gasteiger partial charge in [-0.25, -0.2) is 9.97 Å². The summed E-state index contributed by atoms with van der Waals surface area (Å²) in [6, 6.07) is 3.84. The van der Waals surface area contributed by atoms with Crippen LogP contribution in [0.1, 0.15) is 17.8 Å². The van der Waals surface area contributed by atoms with E-state index in [0.717, 1.165) is 24.2 Å². The zero-order valence-electron chi connectivity index (χ0n) is 13.9. The van der Waals surface area contributed by atoms with E-state index >= 15 is 0 Å². The lowest BCUT2D eigenvalue weighted by Gasteiger charge is -2.33. The number of carbonyl (C=O) groups is 1. The molecule has 0 spiro atoms. The number of amides is 1. The van der Waals surface area contributed by atoms with E-state index in [1.807, 2.05) is 34.7 Å². The van der Waals surface area contributed by atoms with Crippen molar-refractivity contribution in [3.05, 3.63) is 42.1 Å². The molecule has 7 nitrogen and oxygen atoms in total. The lowest BCUT2D eigenvalue weighted by molar-refractivity contribution is -0.139. The van der Waals surface area contributed by atoms with Crippen LogP contribution in [0.4, 0.5) is 5.82 Å². The average Bonchev–Trinajstić information content (AvgIpc) is 2.98. The van der Waals surface area contributed by atoms with Gasteiger partial charge in [-0.3, -0.25) is 4.79 Å². The lowest BCUT2D eigenvalue weighted by atomic mass is 10.1. The number of aryl methyl sites for hydroxylation is 2. The molecule has 1 fully saturated rings. The minimum absolute atomic E-state index is 0.0565. The van der Waals surface area contributed by atoms with Crippen molar-refractivity contribution in [1.29, 1.82) is 0 Å². The maximum atomic E-state index is 12.5. The summed E-state index contributed by atoms with van der Waals surface area (Å²) >= 11 is 0. The monoisotopic (exact) mass is 329 g/mol. The molecule has 2 aromatic heterocycles. The molecule has 7 heteroatoms. The summed E-state index contributed by atoms with van der Waals surface area (Å²) in [5.74, 6) is 1.49. The Labute approximate surface area is 141 Å². The molecule has 1 amide bonds. The molecule has 2 aromatic rings. The highest BCUT2D eigenvalue weighted by atomic mass is 16.5. The van der Waals surface area contributed by atoms with Gasteiger partial charge in [-0.15, -0.1) is 0 Å². The Morgan fingerprint density at radius 2 is 2.29 bits per heavy atom. The molecule has 128 valence electrons. The number of nitrogens with two attached hydrogens (primary N) is 1. The number of imidazole rings is 1.